The fourth-order valence-corrected chi connectivity index (χ4v) is 1.65. The van der Waals surface area contributed by atoms with Gasteiger partial charge in [-0.2, -0.15) is 4.98 Å². The van der Waals surface area contributed by atoms with Crippen molar-refractivity contribution in [3.63, 3.8) is 0 Å². The van der Waals surface area contributed by atoms with E-state index in [1.54, 1.807) is 39.2 Å². The summed E-state index contributed by atoms with van der Waals surface area (Å²) < 4.78 is 15.6. The zero-order chi connectivity index (χ0) is 13.8. The van der Waals surface area contributed by atoms with Gasteiger partial charge in [-0.15, -0.1) is 0 Å². The highest BCUT2D eigenvalue weighted by Gasteiger charge is 2.12. The normalized spacial score (nSPS) is 12.2. The third-order valence-electron chi connectivity index (χ3n) is 2.60. The lowest BCUT2D eigenvalue weighted by Gasteiger charge is -2.13. The Kier molecular flexibility index (Phi) is 4.01. The van der Waals surface area contributed by atoms with Crippen LogP contribution >= 0.6 is 0 Å². The molecule has 19 heavy (non-hydrogen) atoms. The molecule has 2 aromatic rings. The maximum atomic E-state index is 9.70. The van der Waals surface area contributed by atoms with Crippen molar-refractivity contribution in [1.82, 2.24) is 10.1 Å². The molecule has 0 aliphatic carbocycles. The molecule has 0 fully saturated rings. The molecular formula is C13H16N2O4. The van der Waals surface area contributed by atoms with Crippen LogP contribution in [-0.4, -0.2) is 22.4 Å². The van der Waals surface area contributed by atoms with E-state index in [0.29, 0.717) is 28.8 Å². The van der Waals surface area contributed by atoms with Gasteiger partial charge in [0.05, 0.1) is 13.2 Å². The number of hydrogen-bond acceptors (Lipinski definition) is 6. The summed E-state index contributed by atoms with van der Waals surface area (Å²) in [4.78, 5) is 4.05. The molecule has 0 aliphatic heterocycles. The van der Waals surface area contributed by atoms with Crippen LogP contribution in [-0.2, 0) is 6.61 Å². The number of aliphatic hydroxyl groups excluding tert-OH is 1. The average Bonchev–Trinajstić information content (AvgIpc) is 2.81. The van der Waals surface area contributed by atoms with Gasteiger partial charge in [-0.1, -0.05) is 5.16 Å². The molecule has 1 aromatic heterocycles. The third kappa shape index (κ3) is 3.23. The Bertz CT molecular complexity index is 551. The van der Waals surface area contributed by atoms with Gasteiger partial charge in [0.25, 0.3) is 0 Å². The van der Waals surface area contributed by atoms with E-state index < -0.39 is 6.10 Å². The van der Waals surface area contributed by atoms with Gasteiger partial charge in [-0.25, -0.2) is 0 Å². The molecule has 0 aliphatic rings. The van der Waals surface area contributed by atoms with E-state index in [9.17, 15) is 5.11 Å². The van der Waals surface area contributed by atoms with Crippen LogP contribution in [0.3, 0.4) is 0 Å². The first kappa shape index (κ1) is 13.4. The van der Waals surface area contributed by atoms with E-state index >= 15 is 0 Å². The molecule has 0 radical (unpaired) electrons. The Morgan fingerprint density at radius 3 is 2.79 bits per heavy atom. The number of nitrogens with zero attached hydrogens (tertiary/aromatic N) is 2. The summed E-state index contributed by atoms with van der Waals surface area (Å²) in [6.07, 6.45) is -0.632. The molecule has 1 aromatic carbocycles. The number of rotatable bonds is 5. The number of aromatic nitrogens is 2. The van der Waals surface area contributed by atoms with Crippen LogP contribution in [0.5, 0.6) is 11.5 Å². The van der Waals surface area contributed by atoms with Gasteiger partial charge in [0, 0.05) is 18.6 Å². The minimum atomic E-state index is -0.632. The van der Waals surface area contributed by atoms with Crippen molar-refractivity contribution in [3.8, 4) is 11.5 Å². The van der Waals surface area contributed by atoms with Crippen molar-refractivity contribution in [2.45, 2.75) is 26.6 Å². The number of aryl methyl sites for hydroxylation is 1. The lowest BCUT2D eigenvalue weighted by atomic mass is 10.1. The van der Waals surface area contributed by atoms with Gasteiger partial charge in [-0.05, 0) is 19.1 Å². The predicted molar refractivity (Wildman–Crippen MR) is 67.0 cm³/mol. The van der Waals surface area contributed by atoms with E-state index in [1.807, 2.05) is 0 Å². The van der Waals surface area contributed by atoms with Crippen LogP contribution in [0.15, 0.2) is 22.7 Å². The molecule has 2 rings (SSSR count). The second-order valence-electron chi connectivity index (χ2n) is 4.10. The van der Waals surface area contributed by atoms with E-state index in [2.05, 4.69) is 10.1 Å². The maximum absolute atomic E-state index is 9.70. The number of methoxy groups -OCH3 is 1. The molecule has 1 atom stereocenters. The number of hydrogen-bond donors (Lipinski definition) is 1. The van der Waals surface area contributed by atoms with Crippen molar-refractivity contribution in [2.24, 2.45) is 0 Å². The molecule has 0 saturated heterocycles. The largest absolute Gasteiger partial charge is 0.497 e. The summed E-state index contributed by atoms with van der Waals surface area (Å²) in [5.74, 6) is 2.14. The molecule has 0 bridgehead atoms. The summed E-state index contributed by atoms with van der Waals surface area (Å²) >= 11 is 0. The van der Waals surface area contributed by atoms with Crippen molar-refractivity contribution >= 4 is 0 Å². The van der Waals surface area contributed by atoms with Crippen molar-refractivity contribution in [1.29, 1.82) is 0 Å². The Balaban J connectivity index is 2.17. The predicted octanol–water partition coefficient (Wildman–Crippen LogP) is 2.02. The van der Waals surface area contributed by atoms with E-state index in [0.717, 1.165) is 0 Å². The molecule has 6 nitrogen and oxygen atoms in total. The summed E-state index contributed by atoms with van der Waals surface area (Å²) in [5, 5.41) is 13.4. The van der Waals surface area contributed by atoms with Gasteiger partial charge in [0.1, 0.15) is 11.5 Å². The van der Waals surface area contributed by atoms with Gasteiger partial charge < -0.3 is 19.1 Å². The van der Waals surface area contributed by atoms with Crippen LogP contribution in [0.2, 0.25) is 0 Å². The lowest BCUT2D eigenvalue weighted by Crippen LogP contribution is -2.02. The van der Waals surface area contributed by atoms with Gasteiger partial charge in [0.2, 0.25) is 11.7 Å². The van der Waals surface area contributed by atoms with Crippen molar-refractivity contribution in [3.05, 3.63) is 35.5 Å². The van der Waals surface area contributed by atoms with Crippen molar-refractivity contribution in [2.75, 3.05) is 7.11 Å². The zero-order valence-corrected chi connectivity index (χ0v) is 11.1. The molecule has 102 valence electrons. The highest BCUT2D eigenvalue weighted by molar-refractivity contribution is 5.41. The second kappa shape index (κ2) is 5.71. The van der Waals surface area contributed by atoms with E-state index in [1.165, 1.54) is 0 Å². The van der Waals surface area contributed by atoms with Crippen LogP contribution in [0.25, 0.3) is 0 Å². The Morgan fingerprint density at radius 1 is 1.42 bits per heavy atom. The standard InChI is InChI=1S/C13H16N2O4/c1-8(16)11-5-4-10(17-3)6-12(11)18-7-13-14-9(2)19-15-13/h4-6,8,16H,7H2,1-3H3/t8-/m1/s1. The zero-order valence-electron chi connectivity index (χ0n) is 11.1. The quantitative estimate of drug-likeness (QED) is 0.890. The second-order valence-corrected chi connectivity index (χ2v) is 4.10. The molecule has 0 amide bonds. The first-order valence-corrected chi connectivity index (χ1v) is 5.88. The van der Waals surface area contributed by atoms with Gasteiger partial charge in [-0.3, -0.25) is 0 Å². The first-order valence-electron chi connectivity index (χ1n) is 5.88. The number of ether oxygens (including phenoxy) is 2. The maximum Gasteiger partial charge on any atom is 0.223 e. The monoisotopic (exact) mass is 264 g/mol. The Hall–Kier alpha value is -2.08. The minimum Gasteiger partial charge on any atom is -0.497 e. The summed E-state index contributed by atoms with van der Waals surface area (Å²) in [5.41, 5.74) is 0.681. The number of aliphatic hydroxyl groups is 1. The smallest absolute Gasteiger partial charge is 0.223 e. The highest BCUT2D eigenvalue weighted by Crippen LogP contribution is 2.29. The minimum absolute atomic E-state index is 0.171. The summed E-state index contributed by atoms with van der Waals surface area (Å²) in [7, 11) is 1.57. The molecule has 1 N–H and O–H groups in total. The van der Waals surface area contributed by atoms with Crippen LogP contribution in [0.4, 0.5) is 0 Å². The molecule has 6 heteroatoms. The fraction of sp³-hybridized carbons (Fsp3) is 0.385. The van der Waals surface area contributed by atoms with Crippen LogP contribution in [0.1, 0.15) is 30.3 Å². The fourth-order valence-electron chi connectivity index (χ4n) is 1.65. The van der Waals surface area contributed by atoms with Gasteiger partial charge >= 0.3 is 0 Å². The van der Waals surface area contributed by atoms with Crippen molar-refractivity contribution < 1.29 is 19.1 Å². The molecule has 1 heterocycles. The lowest BCUT2D eigenvalue weighted by molar-refractivity contribution is 0.189. The molecule has 0 saturated carbocycles. The Labute approximate surface area is 111 Å². The highest BCUT2D eigenvalue weighted by atomic mass is 16.5. The summed E-state index contributed by atoms with van der Waals surface area (Å²) in [6, 6.07) is 5.25. The van der Waals surface area contributed by atoms with Gasteiger partial charge in [0.15, 0.2) is 6.61 Å². The Morgan fingerprint density at radius 2 is 2.21 bits per heavy atom. The SMILES string of the molecule is COc1ccc([C@@H](C)O)c(OCc2noc(C)n2)c1. The van der Waals surface area contributed by atoms with E-state index in [4.69, 9.17) is 14.0 Å². The van der Waals surface area contributed by atoms with Crippen LogP contribution in [0, 0.1) is 6.92 Å². The molecule has 0 unspecified atom stereocenters. The topological polar surface area (TPSA) is 77.6 Å². The van der Waals surface area contributed by atoms with Crippen LogP contribution < -0.4 is 9.47 Å². The number of benzene rings is 1. The first-order chi connectivity index (χ1) is 9.10. The summed E-state index contributed by atoms with van der Waals surface area (Å²) in [6.45, 7) is 3.56. The molecule has 0 spiro atoms. The van der Waals surface area contributed by atoms with E-state index in [-0.39, 0.29) is 6.61 Å². The molecular weight excluding hydrogens is 248 g/mol. The third-order valence-corrected chi connectivity index (χ3v) is 2.60. The average molecular weight is 264 g/mol.